The van der Waals surface area contributed by atoms with Crippen LogP contribution in [0.3, 0.4) is 0 Å². The van der Waals surface area contributed by atoms with Crippen molar-refractivity contribution < 1.29 is 27.4 Å². The molecule has 0 N–H and O–H groups in total. The van der Waals surface area contributed by atoms with Gasteiger partial charge < -0.3 is 9.47 Å². The molecular weight excluding hydrogens is 249 g/mol. The summed E-state index contributed by atoms with van der Waals surface area (Å²) < 4.78 is 46.1. The van der Waals surface area contributed by atoms with Crippen molar-refractivity contribution in [3.63, 3.8) is 0 Å². The minimum atomic E-state index is -4.77. The van der Waals surface area contributed by atoms with Gasteiger partial charge in [-0.25, -0.2) is 0 Å². The van der Waals surface area contributed by atoms with Crippen molar-refractivity contribution in [2.24, 2.45) is 0 Å². The number of carbonyl (C=O) groups is 1. The summed E-state index contributed by atoms with van der Waals surface area (Å²) in [6.45, 7) is 0. The zero-order chi connectivity index (χ0) is 13.8. The van der Waals surface area contributed by atoms with E-state index in [1.807, 2.05) is 0 Å². The molecule has 0 spiro atoms. The molecule has 0 saturated carbocycles. The molecule has 0 amide bonds. The van der Waals surface area contributed by atoms with Crippen LogP contribution in [0.4, 0.5) is 13.2 Å². The van der Waals surface area contributed by atoms with Crippen molar-refractivity contribution in [2.45, 2.75) is 19.0 Å². The Morgan fingerprint density at radius 3 is 2.00 bits per heavy atom. The highest BCUT2D eigenvalue weighted by molar-refractivity contribution is 5.84. The molecule has 0 atom stereocenters. The number of carbonyl (C=O) groups excluding carboxylic acids is 1. The van der Waals surface area contributed by atoms with Gasteiger partial charge in [0.15, 0.2) is 0 Å². The molecule has 1 rings (SSSR count). The van der Waals surface area contributed by atoms with E-state index in [9.17, 15) is 18.0 Å². The Morgan fingerprint density at radius 2 is 1.61 bits per heavy atom. The van der Waals surface area contributed by atoms with E-state index in [0.717, 1.165) is 0 Å². The van der Waals surface area contributed by atoms with E-state index < -0.39 is 18.4 Å². The highest BCUT2D eigenvalue weighted by atomic mass is 19.4. The molecule has 100 valence electrons. The van der Waals surface area contributed by atoms with Crippen molar-refractivity contribution in [1.82, 2.24) is 0 Å². The van der Waals surface area contributed by atoms with E-state index in [4.69, 9.17) is 9.47 Å². The van der Waals surface area contributed by atoms with Gasteiger partial charge in [-0.1, -0.05) is 0 Å². The second-order valence-corrected chi connectivity index (χ2v) is 3.64. The van der Waals surface area contributed by atoms with Gasteiger partial charge in [-0.2, -0.15) is 13.2 Å². The first-order valence-corrected chi connectivity index (χ1v) is 5.18. The largest absolute Gasteiger partial charge is 0.497 e. The minimum Gasteiger partial charge on any atom is -0.497 e. The predicted molar refractivity (Wildman–Crippen MR) is 58.9 cm³/mol. The lowest BCUT2D eigenvalue weighted by molar-refractivity contribution is -0.171. The molecule has 0 aliphatic rings. The standard InChI is InChI=1S/C12H13F3O3/c1-17-9-5-8(6-10(7-9)18-2)3-4-11(16)12(13,14)15/h5-7H,3-4H2,1-2H3. The predicted octanol–water partition coefficient (Wildman–Crippen LogP) is 2.77. The number of ether oxygens (including phenoxy) is 2. The number of Topliss-reactive ketones (excluding diaryl/α,β-unsaturated/α-hetero) is 1. The van der Waals surface area contributed by atoms with Crippen LogP contribution in [0.1, 0.15) is 12.0 Å². The Labute approximate surface area is 103 Å². The quantitative estimate of drug-likeness (QED) is 0.818. The Bertz CT molecular complexity index is 405. The van der Waals surface area contributed by atoms with Crippen LogP contribution in [0.5, 0.6) is 11.5 Å². The van der Waals surface area contributed by atoms with Gasteiger partial charge in [0.1, 0.15) is 11.5 Å². The summed E-state index contributed by atoms with van der Waals surface area (Å²) in [7, 11) is 2.89. The van der Waals surface area contributed by atoms with Crippen LogP contribution in [-0.4, -0.2) is 26.2 Å². The van der Waals surface area contributed by atoms with Gasteiger partial charge in [-0.05, 0) is 24.1 Å². The third-order valence-electron chi connectivity index (χ3n) is 2.37. The summed E-state index contributed by atoms with van der Waals surface area (Å²) in [6, 6.07) is 4.76. The molecule has 0 fully saturated rings. The SMILES string of the molecule is COc1cc(CCC(=O)C(F)(F)F)cc(OC)c1. The Hall–Kier alpha value is -1.72. The third kappa shape index (κ3) is 3.94. The van der Waals surface area contributed by atoms with E-state index in [-0.39, 0.29) is 6.42 Å². The second-order valence-electron chi connectivity index (χ2n) is 3.64. The summed E-state index contributed by atoms with van der Waals surface area (Å²) in [5.74, 6) is -0.781. The molecule has 6 heteroatoms. The molecule has 1 aromatic carbocycles. The number of hydrogen-bond donors (Lipinski definition) is 0. The monoisotopic (exact) mass is 262 g/mol. The first kappa shape index (κ1) is 14.3. The fourth-order valence-corrected chi connectivity index (χ4v) is 1.41. The highest BCUT2D eigenvalue weighted by Gasteiger charge is 2.37. The number of methoxy groups -OCH3 is 2. The Balaban J connectivity index is 2.76. The normalized spacial score (nSPS) is 11.2. The topological polar surface area (TPSA) is 35.5 Å². The van der Waals surface area contributed by atoms with Crippen LogP contribution < -0.4 is 9.47 Å². The molecule has 0 aliphatic carbocycles. The van der Waals surface area contributed by atoms with Gasteiger partial charge in [0.05, 0.1) is 14.2 Å². The maximum Gasteiger partial charge on any atom is 0.449 e. The molecule has 0 saturated heterocycles. The minimum absolute atomic E-state index is 0.00803. The van der Waals surface area contributed by atoms with Gasteiger partial charge in [0.2, 0.25) is 5.78 Å². The van der Waals surface area contributed by atoms with Crippen molar-refractivity contribution in [3.8, 4) is 11.5 Å². The average Bonchev–Trinajstić information content (AvgIpc) is 2.34. The lowest BCUT2D eigenvalue weighted by atomic mass is 10.1. The fourth-order valence-electron chi connectivity index (χ4n) is 1.41. The molecule has 0 aromatic heterocycles. The second kappa shape index (κ2) is 5.75. The van der Waals surface area contributed by atoms with Gasteiger partial charge >= 0.3 is 6.18 Å². The summed E-state index contributed by atoms with van der Waals surface area (Å²) in [6.07, 6.45) is -5.37. The van der Waals surface area contributed by atoms with Crippen LogP contribution in [0.2, 0.25) is 0 Å². The van der Waals surface area contributed by atoms with Crippen LogP contribution in [0.15, 0.2) is 18.2 Å². The maximum atomic E-state index is 12.0. The first-order chi connectivity index (χ1) is 8.36. The molecular formula is C12H13F3O3. The van der Waals surface area contributed by atoms with Gasteiger partial charge in [-0.15, -0.1) is 0 Å². The van der Waals surface area contributed by atoms with E-state index in [1.165, 1.54) is 14.2 Å². The van der Waals surface area contributed by atoms with Crippen LogP contribution in [-0.2, 0) is 11.2 Å². The zero-order valence-electron chi connectivity index (χ0n) is 10.0. The van der Waals surface area contributed by atoms with Gasteiger partial charge in [-0.3, -0.25) is 4.79 Å². The number of benzene rings is 1. The van der Waals surface area contributed by atoms with Crippen molar-refractivity contribution in [3.05, 3.63) is 23.8 Å². The Kier molecular flexibility index (Phi) is 4.58. The molecule has 18 heavy (non-hydrogen) atoms. The molecule has 0 bridgehead atoms. The van der Waals surface area contributed by atoms with Crippen molar-refractivity contribution in [1.29, 1.82) is 0 Å². The van der Waals surface area contributed by atoms with Gasteiger partial charge in [0.25, 0.3) is 0 Å². The number of rotatable bonds is 5. The van der Waals surface area contributed by atoms with Crippen molar-refractivity contribution in [2.75, 3.05) is 14.2 Å². The average molecular weight is 262 g/mol. The number of hydrogen-bond acceptors (Lipinski definition) is 3. The van der Waals surface area contributed by atoms with Crippen LogP contribution in [0, 0.1) is 0 Å². The van der Waals surface area contributed by atoms with Gasteiger partial charge in [0, 0.05) is 12.5 Å². The smallest absolute Gasteiger partial charge is 0.449 e. The van der Waals surface area contributed by atoms with Crippen molar-refractivity contribution >= 4 is 5.78 Å². The molecule has 1 aromatic rings. The number of alkyl halides is 3. The molecule has 0 aliphatic heterocycles. The third-order valence-corrected chi connectivity index (χ3v) is 2.37. The molecule has 0 heterocycles. The fraction of sp³-hybridized carbons (Fsp3) is 0.417. The summed E-state index contributed by atoms with van der Waals surface area (Å²) in [5, 5.41) is 0. The summed E-state index contributed by atoms with van der Waals surface area (Å²) >= 11 is 0. The lowest BCUT2D eigenvalue weighted by Gasteiger charge is -2.09. The highest BCUT2D eigenvalue weighted by Crippen LogP contribution is 2.25. The first-order valence-electron chi connectivity index (χ1n) is 5.18. The van der Waals surface area contributed by atoms with E-state index in [1.54, 1.807) is 18.2 Å². The Morgan fingerprint density at radius 1 is 1.11 bits per heavy atom. The lowest BCUT2D eigenvalue weighted by Crippen LogP contribution is -2.22. The maximum absolute atomic E-state index is 12.0. The summed E-state index contributed by atoms with van der Waals surface area (Å²) in [4.78, 5) is 10.8. The van der Waals surface area contributed by atoms with E-state index in [2.05, 4.69) is 0 Å². The van der Waals surface area contributed by atoms with E-state index >= 15 is 0 Å². The number of aryl methyl sites for hydroxylation is 1. The zero-order valence-corrected chi connectivity index (χ0v) is 10.0. The van der Waals surface area contributed by atoms with Crippen LogP contribution >= 0.6 is 0 Å². The number of ketones is 1. The van der Waals surface area contributed by atoms with E-state index in [0.29, 0.717) is 17.1 Å². The molecule has 0 radical (unpaired) electrons. The molecule has 0 unspecified atom stereocenters. The van der Waals surface area contributed by atoms with Crippen LogP contribution in [0.25, 0.3) is 0 Å². The summed E-state index contributed by atoms with van der Waals surface area (Å²) in [5.41, 5.74) is 0.559. The number of halogens is 3. The molecule has 3 nitrogen and oxygen atoms in total.